The van der Waals surface area contributed by atoms with Crippen LogP contribution in [0.3, 0.4) is 0 Å². The highest BCUT2D eigenvalue weighted by Gasteiger charge is 2.33. The number of hydrogen-bond donors (Lipinski definition) is 6. The molecule has 5 unspecified atom stereocenters. The number of hydrogen-bond acceptors (Lipinski definition) is 8. The van der Waals surface area contributed by atoms with E-state index in [2.05, 4.69) is 32.1 Å². The van der Waals surface area contributed by atoms with Gasteiger partial charge in [0, 0.05) is 32.3 Å². The van der Waals surface area contributed by atoms with E-state index in [1.54, 1.807) is 7.11 Å². The first-order valence-corrected chi connectivity index (χ1v) is 9.86. The second kappa shape index (κ2) is 10.1. The van der Waals surface area contributed by atoms with Crippen molar-refractivity contribution >= 4 is 0 Å². The summed E-state index contributed by atoms with van der Waals surface area (Å²) in [5.41, 5.74) is 3.19. The molecule has 6 N–H and O–H groups in total. The van der Waals surface area contributed by atoms with Gasteiger partial charge in [0.05, 0.1) is 12.3 Å². The van der Waals surface area contributed by atoms with Gasteiger partial charge in [-0.2, -0.15) is 0 Å². The van der Waals surface area contributed by atoms with Crippen LogP contribution < -0.4 is 32.1 Å². The Morgan fingerprint density at radius 1 is 1.04 bits per heavy atom. The maximum Gasteiger partial charge on any atom is 0.113 e. The number of methoxy groups -OCH3 is 1. The van der Waals surface area contributed by atoms with Crippen LogP contribution in [0.2, 0.25) is 0 Å². The SMILES string of the molecule is CNC1CCNC(NC2CCC(OC)C(ONC[C@@H]3CCCN3)C2)N1. The van der Waals surface area contributed by atoms with Crippen molar-refractivity contribution in [2.75, 3.05) is 33.8 Å². The summed E-state index contributed by atoms with van der Waals surface area (Å²) >= 11 is 0. The Hall–Kier alpha value is -0.320. The van der Waals surface area contributed by atoms with Crippen LogP contribution in [0.5, 0.6) is 0 Å². The molecule has 0 bridgehead atoms. The molecule has 146 valence electrons. The van der Waals surface area contributed by atoms with Crippen LogP contribution in [-0.2, 0) is 9.57 Å². The van der Waals surface area contributed by atoms with Gasteiger partial charge >= 0.3 is 0 Å². The molecule has 2 heterocycles. The molecule has 2 aliphatic heterocycles. The first-order chi connectivity index (χ1) is 12.3. The first-order valence-electron chi connectivity index (χ1n) is 9.86. The Labute approximate surface area is 151 Å². The van der Waals surface area contributed by atoms with Gasteiger partial charge in [0.2, 0.25) is 0 Å². The Balaban J connectivity index is 1.42. The molecular weight excluding hydrogens is 320 g/mol. The maximum atomic E-state index is 6.00. The molecule has 1 aliphatic carbocycles. The molecule has 3 aliphatic rings. The van der Waals surface area contributed by atoms with E-state index in [1.807, 2.05) is 7.05 Å². The van der Waals surface area contributed by atoms with Gasteiger partial charge in [-0.25, -0.2) is 5.48 Å². The fourth-order valence-electron chi connectivity index (χ4n) is 4.12. The molecule has 2 saturated heterocycles. The third-order valence-corrected chi connectivity index (χ3v) is 5.66. The molecule has 3 rings (SSSR count). The summed E-state index contributed by atoms with van der Waals surface area (Å²) in [5.74, 6) is 0. The number of nitrogens with one attached hydrogen (secondary N) is 6. The lowest BCUT2D eigenvalue weighted by atomic mass is 9.90. The van der Waals surface area contributed by atoms with Crippen LogP contribution >= 0.6 is 0 Å². The minimum absolute atomic E-state index is 0.0846. The van der Waals surface area contributed by atoms with Crippen LogP contribution in [0.25, 0.3) is 0 Å². The molecule has 0 aromatic carbocycles. The average molecular weight is 357 g/mol. The van der Waals surface area contributed by atoms with Gasteiger partial charge in [0.1, 0.15) is 12.4 Å². The van der Waals surface area contributed by atoms with Gasteiger partial charge in [0.25, 0.3) is 0 Å². The van der Waals surface area contributed by atoms with Crippen LogP contribution in [-0.4, -0.2) is 70.5 Å². The highest BCUT2D eigenvalue weighted by molar-refractivity contribution is 4.88. The predicted molar refractivity (Wildman–Crippen MR) is 97.9 cm³/mol. The second-order valence-corrected chi connectivity index (χ2v) is 7.43. The summed E-state index contributed by atoms with van der Waals surface area (Å²) in [6, 6.07) is 0.955. The molecule has 6 atom stereocenters. The smallest absolute Gasteiger partial charge is 0.113 e. The van der Waals surface area contributed by atoms with Gasteiger partial charge in [-0.3, -0.25) is 20.8 Å². The van der Waals surface area contributed by atoms with Crippen molar-refractivity contribution in [1.82, 2.24) is 32.1 Å². The quantitative estimate of drug-likeness (QED) is 0.315. The Bertz CT molecular complexity index is 382. The summed E-state index contributed by atoms with van der Waals surface area (Å²) in [5, 5.41) is 17.5. The van der Waals surface area contributed by atoms with Crippen LogP contribution in [0.15, 0.2) is 0 Å². The number of rotatable bonds is 8. The predicted octanol–water partition coefficient (Wildman–Crippen LogP) is -0.803. The molecular formula is C17H36N6O2. The van der Waals surface area contributed by atoms with Gasteiger partial charge in [0.15, 0.2) is 0 Å². The van der Waals surface area contributed by atoms with Crippen molar-refractivity contribution < 1.29 is 9.57 Å². The second-order valence-electron chi connectivity index (χ2n) is 7.43. The average Bonchev–Trinajstić information content (AvgIpc) is 3.16. The van der Waals surface area contributed by atoms with Gasteiger partial charge in [-0.15, -0.1) is 0 Å². The zero-order valence-corrected chi connectivity index (χ0v) is 15.6. The summed E-state index contributed by atoms with van der Waals surface area (Å²) in [6.45, 7) is 3.00. The van der Waals surface area contributed by atoms with Gasteiger partial charge in [-0.1, -0.05) is 0 Å². The highest BCUT2D eigenvalue weighted by Crippen LogP contribution is 2.24. The molecule has 0 aromatic heterocycles. The molecule has 0 amide bonds. The molecule has 8 nitrogen and oxygen atoms in total. The van der Waals surface area contributed by atoms with Crippen molar-refractivity contribution in [1.29, 1.82) is 0 Å². The Kier molecular flexibility index (Phi) is 7.88. The van der Waals surface area contributed by atoms with E-state index in [4.69, 9.17) is 9.57 Å². The minimum Gasteiger partial charge on any atom is -0.379 e. The largest absolute Gasteiger partial charge is 0.379 e. The third kappa shape index (κ3) is 5.83. The standard InChI is InChI=1S/C17H36N6O2/c1-18-16-7-9-20-17(23-16)22-12-5-6-14(24-2)15(10-12)25-21-11-13-4-3-8-19-13/h12-23H,3-11H2,1-2H3/t12?,13-,14?,15?,16?,17?/m0/s1. The third-order valence-electron chi connectivity index (χ3n) is 5.66. The molecule has 3 fully saturated rings. The molecule has 0 radical (unpaired) electrons. The lowest BCUT2D eigenvalue weighted by Crippen LogP contribution is -2.66. The van der Waals surface area contributed by atoms with E-state index in [0.717, 1.165) is 45.3 Å². The van der Waals surface area contributed by atoms with Crippen molar-refractivity contribution in [3.05, 3.63) is 0 Å². The van der Waals surface area contributed by atoms with Crippen molar-refractivity contribution in [2.24, 2.45) is 0 Å². The number of hydroxylamine groups is 1. The molecule has 1 saturated carbocycles. The monoisotopic (exact) mass is 356 g/mol. The van der Waals surface area contributed by atoms with E-state index in [-0.39, 0.29) is 18.5 Å². The summed E-state index contributed by atoms with van der Waals surface area (Å²) < 4.78 is 5.65. The van der Waals surface area contributed by atoms with Crippen molar-refractivity contribution in [2.45, 2.75) is 75.3 Å². The summed E-state index contributed by atoms with van der Waals surface area (Å²) in [4.78, 5) is 6.00. The van der Waals surface area contributed by atoms with E-state index >= 15 is 0 Å². The lowest BCUT2D eigenvalue weighted by molar-refractivity contribution is -0.122. The normalized spacial score (nSPS) is 39.6. The zero-order valence-electron chi connectivity index (χ0n) is 15.6. The summed E-state index contributed by atoms with van der Waals surface area (Å²) in [7, 11) is 3.79. The maximum absolute atomic E-state index is 6.00. The topological polar surface area (TPSA) is 90.6 Å². The molecule has 25 heavy (non-hydrogen) atoms. The van der Waals surface area contributed by atoms with Crippen LogP contribution in [0.1, 0.15) is 38.5 Å². The molecule has 8 heteroatoms. The van der Waals surface area contributed by atoms with Gasteiger partial charge in [-0.05, 0) is 52.1 Å². The van der Waals surface area contributed by atoms with E-state index in [1.165, 1.54) is 12.8 Å². The first kappa shape index (κ1) is 19.4. The summed E-state index contributed by atoms with van der Waals surface area (Å²) in [6.07, 6.45) is 7.41. The van der Waals surface area contributed by atoms with Crippen LogP contribution in [0, 0.1) is 0 Å². The fourth-order valence-corrected chi connectivity index (χ4v) is 4.12. The Morgan fingerprint density at radius 3 is 2.72 bits per heavy atom. The van der Waals surface area contributed by atoms with Crippen molar-refractivity contribution in [3.63, 3.8) is 0 Å². The van der Waals surface area contributed by atoms with E-state index in [0.29, 0.717) is 18.2 Å². The van der Waals surface area contributed by atoms with Crippen molar-refractivity contribution in [3.8, 4) is 0 Å². The van der Waals surface area contributed by atoms with E-state index < -0.39 is 0 Å². The molecule has 0 aromatic rings. The van der Waals surface area contributed by atoms with Crippen LogP contribution in [0.4, 0.5) is 0 Å². The molecule has 0 spiro atoms. The Morgan fingerprint density at radius 2 is 1.96 bits per heavy atom. The minimum atomic E-state index is 0.0846. The number of ether oxygens (including phenoxy) is 1. The fraction of sp³-hybridized carbons (Fsp3) is 1.00. The van der Waals surface area contributed by atoms with E-state index in [9.17, 15) is 0 Å². The highest BCUT2D eigenvalue weighted by atomic mass is 16.7. The lowest BCUT2D eigenvalue weighted by Gasteiger charge is -2.39. The van der Waals surface area contributed by atoms with Gasteiger partial charge < -0.3 is 15.4 Å². The zero-order chi connectivity index (χ0) is 17.5.